The summed E-state index contributed by atoms with van der Waals surface area (Å²) in [5.74, 6) is 0.823. The highest BCUT2D eigenvalue weighted by molar-refractivity contribution is 5.93. The minimum Gasteiger partial charge on any atom is -0.330 e. The van der Waals surface area contributed by atoms with E-state index < -0.39 is 0 Å². The van der Waals surface area contributed by atoms with Crippen LogP contribution in [0.15, 0.2) is 54.6 Å². The Balaban J connectivity index is 1.66. The number of anilines is 1. The van der Waals surface area contributed by atoms with Crippen molar-refractivity contribution in [3.05, 3.63) is 65.7 Å². The lowest BCUT2D eigenvalue weighted by atomic mass is 9.86. The Morgan fingerprint density at radius 3 is 2.41 bits per heavy atom. The minimum atomic E-state index is -0.0133. The fourth-order valence-electron chi connectivity index (χ4n) is 4.05. The average molecular weight is 366 g/mol. The molecule has 0 aliphatic carbocycles. The molecule has 1 aliphatic heterocycles. The maximum Gasteiger partial charge on any atom is 0.238 e. The number of likely N-dealkylation sites (tertiary alicyclic amines) is 1. The van der Waals surface area contributed by atoms with E-state index in [1.54, 1.807) is 0 Å². The van der Waals surface area contributed by atoms with Crippen LogP contribution in [-0.4, -0.2) is 37.0 Å². The molecule has 4 heteroatoms. The molecule has 1 saturated heterocycles. The summed E-state index contributed by atoms with van der Waals surface area (Å²) in [5, 5.41) is 3.12. The van der Waals surface area contributed by atoms with Gasteiger partial charge in [-0.1, -0.05) is 69.3 Å². The third kappa shape index (κ3) is 4.76. The molecule has 2 aromatic rings. The van der Waals surface area contributed by atoms with Crippen molar-refractivity contribution in [2.24, 2.45) is 11.7 Å². The summed E-state index contributed by atoms with van der Waals surface area (Å²) in [6, 6.07) is 18.6. The number of hydrogen-bond donors (Lipinski definition) is 2. The summed E-state index contributed by atoms with van der Waals surface area (Å²) in [5.41, 5.74) is 9.38. The third-order valence-corrected chi connectivity index (χ3v) is 5.42. The number of carbonyl (C=O) groups is 1. The number of rotatable bonds is 5. The molecule has 144 valence electrons. The highest BCUT2D eigenvalue weighted by Gasteiger charge is 2.33. The molecule has 0 spiro atoms. The van der Waals surface area contributed by atoms with Gasteiger partial charge in [-0.3, -0.25) is 9.69 Å². The molecule has 0 saturated carbocycles. The summed E-state index contributed by atoms with van der Waals surface area (Å²) in [7, 11) is 0. The van der Waals surface area contributed by atoms with Crippen LogP contribution in [0, 0.1) is 5.92 Å². The summed E-state index contributed by atoms with van der Waals surface area (Å²) in [6.07, 6.45) is 0. The highest BCUT2D eigenvalue weighted by Crippen LogP contribution is 2.32. The second kappa shape index (κ2) is 8.24. The topological polar surface area (TPSA) is 58.4 Å². The fourth-order valence-corrected chi connectivity index (χ4v) is 4.05. The van der Waals surface area contributed by atoms with Gasteiger partial charge in [-0.25, -0.2) is 0 Å². The van der Waals surface area contributed by atoms with Gasteiger partial charge >= 0.3 is 0 Å². The van der Waals surface area contributed by atoms with Gasteiger partial charge in [0.05, 0.1) is 6.54 Å². The second-order valence-corrected chi connectivity index (χ2v) is 8.55. The monoisotopic (exact) mass is 365 g/mol. The predicted octanol–water partition coefficient (Wildman–Crippen LogP) is 3.60. The molecule has 0 bridgehead atoms. The van der Waals surface area contributed by atoms with E-state index in [4.69, 9.17) is 5.73 Å². The van der Waals surface area contributed by atoms with Gasteiger partial charge in [0.15, 0.2) is 0 Å². The van der Waals surface area contributed by atoms with E-state index in [9.17, 15) is 4.79 Å². The molecule has 27 heavy (non-hydrogen) atoms. The van der Waals surface area contributed by atoms with Gasteiger partial charge in [-0.2, -0.15) is 0 Å². The van der Waals surface area contributed by atoms with Crippen LogP contribution in [0.25, 0.3) is 0 Å². The molecule has 2 atom stereocenters. The maximum absolute atomic E-state index is 12.7. The first-order valence-electron chi connectivity index (χ1n) is 9.75. The lowest BCUT2D eigenvalue weighted by Crippen LogP contribution is -2.33. The number of benzene rings is 2. The van der Waals surface area contributed by atoms with Crippen molar-refractivity contribution in [2.45, 2.75) is 32.1 Å². The van der Waals surface area contributed by atoms with Crippen molar-refractivity contribution < 1.29 is 4.79 Å². The van der Waals surface area contributed by atoms with Crippen LogP contribution in [0.2, 0.25) is 0 Å². The van der Waals surface area contributed by atoms with E-state index in [0.29, 0.717) is 24.9 Å². The lowest BCUT2D eigenvalue weighted by molar-refractivity contribution is -0.117. The molecule has 1 aliphatic rings. The number of hydrogen-bond acceptors (Lipinski definition) is 3. The minimum absolute atomic E-state index is 0.0133. The van der Waals surface area contributed by atoms with E-state index in [2.05, 4.69) is 61.3 Å². The normalized spacial score (nSPS) is 20.6. The SMILES string of the molecule is CC(C)(C)c1ccccc1NC(=O)CN1C[C@@H](CN)[C@H](c2ccccc2)C1. The van der Waals surface area contributed by atoms with E-state index >= 15 is 0 Å². The first-order valence-corrected chi connectivity index (χ1v) is 9.75. The molecule has 0 radical (unpaired) electrons. The summed E-state index contributed by atoms with van der Waals surface area (Å²) in [4.78, 5) is 14.9. The van der Waals surface area contributed by atoms with Crippen LogP contribution in [0.1, 0.15) is 37.8 Å². The van der Waals surface area contributed by atoms with Crippen molar-refractivity contribution in [1.82, 2.24) is 4.90 Å². The van der Waals surface area contributed by atoms with Crippen molar-refractivity contribution in [3.63, 3.8) is 0 Å². The van der Waals surface area contributed by atoms with Gasteiger partial charge in [0.25, 0.3) is 0 Å². The zero-order valence-corrected chi connectivity index (χ0v) is 16.6. The zero-order chi connectivity index (χ0) is 19.4. The molecule has 3 N–H and O–H groups in total. The quantitative estimate of drug-likeness (QED) is 0.851. The Hall–Kier alpha value is -2.17. The number of nitrogens with one attached hydrogen (secondary N) is 1. The summed E-state index contributed by atoms with van der Waals surface area (Å²) in [6.45, 7) is 9.27. The second-order valence-electron chi connectivity index (χ2n) is 8.55. The van der Waals surface area contributed by atoms with Crippen LogP contribution >= 0.6 is 0 Å². The largest absolute Gasteiger partial charge is 0.330 e. The Bertz CT molecular complexity index is 767. The van der Waals surface area contributed by atoms with Crippen molar-refractivity contribution >= 4 is 11.6 Å². The van der Waals surface area contributed by atoms with Crippen LogP contribution in [0.4, 0.5) is 5.69 Å². The van der Waals surface area contributed by atoms with E-state index in [1.807, 2.05) is 24.3 Å². The van der Waals surface area contributed by atoms with E-state index in [-0.39, 0.29) is 11.3 Å². The Labute approximate surface area is 162 Å². The Morgan fingerprint density at radius 2 is 1.74 bits per heavy atom. The molecular weight excluding hydrogens is 334 g/mol. The summed E-state index contributed by atoms with van der Waals surface area (Å²) < 4.78 is 0. The molecule has 0 aromatic heterocycles. The molecule has 1 fully saturated rings. The number of nitrogens with two attached hydrogens (primary N) is 1. The predicted molar refractivity (Wildman–Crippen MR) is 112 cm³/mol. The number of amides is 1. The molecular formula is C23H31N3O. The molecule has 0 unspecified atom stereocenters. The summed E-state index contributed by atoms with van der Waals surface area (Å²) >= 11 is 0. The number of para-hydroxylation sites is 1. The van der Waals surface area contributed by atoms with Crippen LogP contribution in [0.3, 0.4) is 0 Å². The Kier molecular flexibility index (Phi) is 5.98. The van der Waals surface area contributed by atoms with E-state index in [1.165, 1.54) is 5.56 Å². The van der Waals surface area contributed by atoms with Gasteiger partial charge in [0, 0.05) is 24.7 Å². The van der Waals surface area contributed by atoms with Crippen molar-refractivity contribution in [3.8, 4) is 0 Å². The molecule has 4 nitrogen and oxygen atoms in total. The highest BCUT2D eigenvalue weighted by atomic mass is 16.2. The maximum atomic E-state index is 12.7. The van der Waals surface area contributed by atoms with Crippen LogP contribution in [0.5, 0.6) is 0 Å². The smallest absolute Gasteiger partial charge is 0.238 e. The Morgan fingerprint density at radius 1 is 1.07 bits per heavy atom. The fraction of sp³-hybridized carbons (Fsp3) is 0.435. The molecule has 2 aromatic carbocycles. The average Bonchev–Trinajstić information content (AvgIpc) is 3.04. The van der Waals surface area contributed by atoms with Crippen molar-refractivity contribution in [1.29, 1.82) is 0 Å². The lowest BCUT2D eigenvalue weighted by Gasteiger charge is -2.23. The molecule has 3 rings (SSSR count). The van der Waals surface area contributed by atoms with Gasteiger partial charge in [-0.05, 0) is 35.1 Å². The number of carbonyl (C=O) groups excluding carboxylic acids is 1. The van der Waals surface area contributed by atoms with Crippen molar-refractivity contribution in [2.75, 3.05) is 31.5 Å². The first-order chi connectivity index (χ1) is 12.9. The first kappa shape index (κ1) is 19.6. The third-order valence-electron chi connectivity index (χ3n) is 5.42. The van der Waals surface area contributed by atoms with Gasteiger partial charge in [-0.15, -0.1) is 0 Å². The van der Waals surface area contributed by atoms with Gasteiger partial charge in [0.1, 0.15) is 0 Å². The standard InChI is InChI=1S/C23H31N3O/c1-23(2,3)20-11-7-8-12-21(20)25-22(27)16-26-14-18(13-24)19(15-26)17-9-5-4-6-10-17/h4-12,18-19H,13-16,24H2,1-3H3,(H,25,27)/t18-,19+/m1/s1. The van der Waals surface area contributed by atoms with Gasteiger partial charge in [0.2, 0.25) is 5.91 Å². The zero-order valence-electron chi connectivity index (χ0n) is 16.6. The van der Waals surface area contributed by atoms with Crippen LogP contribution < -0.4 is 11.1 Å². The van der Waals surface area contributed by atoms with Gasteiger partial charge < -0.3 is 11.1 Å². The van der Waals surface area contributed by atoms with E-state index in [0.717, 1.165) is 24.3 Å². The molecule has 1 amide bonds. The number of nitrogens with zero attached hydrogens (tertiary/aromatic N) is 1. The molecule has 1 heterocycles. The van der Waals surface area contributed by atoms with Crippen LogP contribution in [-0.2, 0) is 10.2 Å².